The molecule has 0 aromatic heterocycles. The van der Waals surface area contributed by atoms with Crippen LogP contribution in [0, 0.1) is 24.7 Å². The Morgan fingerprint density at radius 3 is 2.54 bits per heavy atom. The van der Waals surface area contributed by atoms with Crippen LogP contribution < -0.4 is 5.32 Å². The summed E-state index contributed by atoms with van der Waals surface area (Å²) in [6.07, 6.45) is 1.28. The van der Waals surface area contributed by atoms with Gasteiger partial charge in [0.05, 0.1) is 23.8 Å². The third-order valence-corrected chi connectivity index (χ3v) is 5.20. The van der Waals surface area contributed by atoms with Crippen LogP contribution in [0.25, 0.3) is 0 Å². The quantitative estimate of drug-likeness (QED) is 0.667. The van der Waals surface area contributed by atoms with Crippen molar-refractivity contribution in [2.75, 3.05) is 0 Å². The second kappa shape index (κ2) is 4.93. The minimum Gasteiger partial charge on any atom is -0.492 e. The van der Waals surface area contributed by atoms with E-state index in [9.17, 15) is 14.4 Å². The maximum Gasteiger partial charge on any atom is 0.334 e. The summed E-state index contributed by atoms with van der Waals surface area (Å²) in [5.41, 5.74) is 1.09. The van der Waals surface area contributed by atoms with E-state index in [1.54, 1.807) is 6.92 Å². The highest BCUT2D eigenvalue weighted by Crippen LogP contribution is 2.58. The van der Waals surface area contributed by atoms with Gasteiger partial charge in [-0.2, -0.15) is 0 Å². The van der Waals surface area contributed by atoms with Crippen LogP contribution in [0.2, 0.25) is 0 Å². The Hall–Kier alpha value is -2.63. The van der Waals surface area contributed by atoms with E-state index < -0.39 is 29.3 Å². The molecule has 2 aliphatic heterocycles. The standard InChI is InChI=1S/C18H17NO5/c1-9-3-5-10(6-4-9)8-23-11-7-12(20)24-18(2)14(11)13-15(18)17(22)19-16(13)21/h3-7,13-15H,8H2,1-2H3,(H,19,21,22)/t13?,14?,15?,18-/m0/s1. The van der Waals surface area contributed by atoms with Crippen LogP contribution in [-0.4, -0.2) is 23.4 Å². The van der Waals surface area contributed by atoms with E-state index in [0.717, 1.165) is 11.1 Å². The Morgan fingerprint density at radius 2 is 1.83 bits per heavy atom. The Balaban J connectivity index is 1.58. The lowest BCUT2D eigenvalue weighted by atomic mass is 9.53. The van der Waals surface area contributed by atoms with Crippen LogP contribution in [0.1, 0.15) is 18.1 Å². The molecule has 1 aromatic rings. The topological polar surface area (TPSA) is 81.7 Å². The first kappa shape index (κ1) is 14.9. The fraction of sp³-hybridized carbons (Fsp3) is 0.389. The highest BCUT2D eigenvalue weighted by Gasteiger charge is 2.73. The van der Waals surface area contributed by atoms with Crippen molar-refractivity contribution in [3.8, 4) is 0 Å². The van der Waals surface area contributed by atoms with Gasteiger partial charge in [-0.1, -0.05) is 29.8 Å². The summed E-state index contributed by atoms with van der Waals surface area (Å²) in [6.45, 7) is 3.98. The van der Waals surface area contributed by atoms with Gasteiger partial charge in [0.25, 0.3) is 0 Å². The summed E-state index contributed by atoms with van der Waals surface area (Å²) in [4.78, 5) is 35.9. The number of imide groups is 1. The van der Waals surface area contributed by atoms with Gasteiger partial charge in [-0.15, -0.1) is 0 Å². The largest absolute Gasteiger partial charge is 0.492 e. The number of benzene rings is 1. The van der Waals surface area contributed by atoms with Gasteiger partial charge in [0.15, 0.2) is 0 Å². The third-order valence-electron chi connectivity index (χ3n) is 5.20. The first-order valence-corrected chi connectivity index (χ1v) is 7.88. The molecule has 1 aliphatic carbocycles. The molecule has 6 heteroatoms. The van der Waals surface area contributed by atoms with Crippen molar-refractivity contribution in [2.45, 2.75) is 26.1 Å². The fourth-order valence-corrected chi connectivity index (χ4v) is 4.01. The smallest absolute Gasteiger partial charge is 0.334 e. The number of carbonyl (C=O) groups is 3. The molecule has 1 saturated carbocycles. The first-order valence-electron chi connectivity index (χ1n) is 7.88. The van der Waals surface area contributed by atoms with Crippen LogP contribution in [0.15, 0.2) is 36.1 Å². The summed E-state index contributed by atoms with van der Waals surface area (Å²) in [7, 11) is 0. The molecule has 1 aromatic carbocycles. The predicted octanol–water partition coefficient (Wildman–Crippen LogP) is 1.23. The molecule has 1 N–H and O–H groups in total. The summed E-state index contributed by atoms with van der Waals surface area (Å²) in [6, 6.07) is 7.86. The lowest BCUT2D eigenvalue weighted by Crippen LogP contribution is -2.66. The highest BCUT2D eigenvalue weighted by molar-refractivity contribution is 6.08. The van der Waals surface area contributed by atoms with Gasteiger partial charge in [0.2, 0.25) is 11.8 Å². The number of hydrogen-bond donors (Lipinski definition) is 1. The maximum atomic E-state index is 12.0. The molecule has 124 valence electrons. The molecular weight excluding hydrogens is 310 g/mol. The van der Waals surface area contributed by atoms with Crippen LogP contribution in [-0.2, 0) is 30.5 Å². The van der Waals surface area contributed by atoms with E-state index in [2.05, 4.69) is 5.32 Å². The van der Waals surface area contributed by atoms with Gasteiger partial charge >= 0.3 is 5.97 Å². The van der Waals surface area contributed by atoms with E-state index in [0.29, 0.717) is 12.4 Å². The van der Waals surface area contributed by atoms with Crippen molar-refractivity contribution in [3.05, 3.63) is 47.2 Å². The van der Waals surface area contributed by atoms with Crippen molar-refractivity contribution >= 4 is 17.8 Å². The van der Waals surface area contributed by atoms with E-state index in [1.165, 1.54) is 6.08 Å². The third kappa shape index (κ3) is 1.99. The number of fused-ring (bicyclic) bond motifs is 4. The number of aryl methyl sites for hydroxylation is 1. The average molecular weight is 327 g/mol. The van der Waals surface area contributed by atoms with Crippen LogP contribution in [0.4, 0.5) is 0 Å². The van der Waals surface area contributed by atoms with Gasteiger partial charge in [-0.3, -0.25) is 14.9 Å². The summed E-state index contributed by atoms with van der Waals surface area (Å²) in [5, 5.41) is 2.32. The second-order valence-electron chi connectivity index (χ2n) is 6.76. The van der Waals surface area contributed by atoms with Crippen LogP contribution >= 0.6 is 0 Å². The minimum atomic E-state index is -1.02. The Morgan fingerprint density at radius 1 is 1.12 bits per heavy atom. The summed E-state index contributed by atoms with van der Waals surface area (Å²) >= 11 is 0. The number of esters is 1. The molecule has 2 heterocycles. The number of hydrogen-bond acceptors (Lipinski definition) is 5. The fourth-order valence-electron chi connectivity index (χ4n) is 4.01. The average Bonchev–Trinajstić information content (AvgIpc) is 2.77. The molecule has 3 unspecified atom stereocenters. The zero-order chi connectivity index (χ0) is 17.1. The van der Waals surface area contributed by atoms with Crippen molar-refractivity contribution in [2.24, 2.45) is 17.8 Å². The maximum absolute atomic E-state index is 12.0. The van der Waals surface area contributed by atoms with Crippen LogP contribution in [0.3, 0.4) is 0 Å². The summed E-state index contributed by atoms with van der Waals surface area (Å²) in [5.74, 6) is -2.41. The SMILES string of the molecule is Cc1ccc(COC2=CC(=O)O[C@]3(C)C4C(=O)NC(=O)C4C23)cc1. The molecule has 0 radical (unpaired) electrons. The zero-order valence-electron chi connectivity index (χ0n) is 13.4. The van der Waals surface area contributed by atoms with E-state index in [1.807, 2.05) is 31.2 Å². The Bertz CT molecular complexity index is 781. The predicted molar refractivity (Wildman–Crippen MR) is 82.2 cm³/mol. The van der Waals surface area contributed by atoms with Gasteiger partial charge in [-0.05, 0) is 19.4 Å². The van der Waals surface area contributed by atoms with E-state index in [4.69, 9.17) is 9.47 Å². The first-order chi connectivity index (χ1) is 11.4. The van der Waals surface area contributed by atoms with E-state index >= 15 is 0 Å². The molecule has 4 rings (SSSR count). The van der Waals surface area contributed by atoms with Gasteiger partial charge in [0.1, 0.15) is 18.0 Å². The van der Waals surface area contributed by atoms with Crippen molar-refractivity contribution in [1.29, 1.82) is 0 Å². The Labute approximate surface area is 138 Å². The number of nitrogens with one attached hydrogen (secondary N) is 1. The molecule has 0 bridgehead atoms. The number of ether oxygens (including phenoxy) is 2. The van der Waals surface area contributed by atoms with Crippen LogP contribution in [0.5, 0.6) is 0 Å². The van der Waals surface area contributed by atoms with Crippen molar-refractivity contribution in [1.82, 2.24) is 5.32 Å². The minimum absolute atomic E-state index is 0.291. The number of rotatable bonds is 3. The number of amides is 2. The van der Waals surface area contributed by atoms with Crippen molar-refractivity contribution in [3.63, 3.8) is 0 Å². The zero-order valence-corrected chi connectivity index (χ0v) is 13.4. The van der Waals surface area contributed by atoms with Gasteiger partial charge < -0.3 is 9.47 Å². The Kier molecular flexibility index (Phi) is 3.07. The second-order valence-corrected chi connectivity index (χ2v) is 6.76. The molecule has 4 atom stereocenters. The molecule has 2 fully saturated rings. The van der Waals surface area contributed by atoms with Gasteiger partial charge in [0, 0.05) is 0 Å². The molecule has 6 nitrogen and oxygen atoms in total. The highest BCUT2D eigenvalue weighted by atomic mass is 16.6. The molecule has 24 heavy (non-hydrogen) atoms. The van der Waals surface area contributed by atoms with Crippen molar-refractivity contribution < 1.29 is 23.9 Å². The monoisotopic (exact) mass is 327 g/mol. The lowest BCUT2D eigenvalue weighted by Gasteiger charge is -2.54. The molecule has 0 spiro atoms. The molecule has 3 aliphatic rings. The number of carbonyl (C=O) groups excluding carboxylic acids is 3. The lowest BCUT2D eigenvalue weighted by molar-refractivity contribution is -0.212. The normalized spacial score (nSPS) is 33.7. The van der Waals surface area contributed by atoms with E-state index in [-0.39, 0.29) is 11.8 Å². The molecular formula is C18H17NO5. The molecule has 2 amide bonds. The molecule has 1 saturated heterocycles. The summed E-state index contributed by atoms with van der Waals surface area (Å²) < 4.78 is 11.2. The van der Waals surface area contributed by atoms with Gasteiger partial charge in [-0.25, -0.2) is 4.79 Å².